The van der Waals surface area contributed by atoms with Gasteiger partial charge in [0.2, 0.25) is 0 Å². The Bertz CT molecular complexity index is 596. The van der Waals surface area contributed by atoms with Gasteiger partial charge in [0, 0.05) is 13.0 Å². The molecule has 2 rings (SSSR count). The monoisotopic (exact) mass is 381 g/mol. The number of anilines is 1. The molecule has 20 heavy (non-hydrogen) atoms. The zero-order valence-corrected chi connectivity index (χ0v) is 14.4. The molecule has 4 heteroatoms. The van der Waals surface area contributed by atoms with Gasteiger partial charge in [-0.3, -0.25) is 0 Å². The van der Waals surface area contributed by atoms with Gasteiger partial charge < -0.3 is 5.32 Å². The lowest BCUT2D eigenvalue weighted by Gasteiger charge is -2.11. The van der Waals surface area contributed by atoms with Crippen molar-refractivity contribution >= 4 is 28.4 Å². The molecule has 0 bridgehead atoms. The smallest absolute Gasteiger partial charge is 0.143 e. The zero-order chi connectivity index (χ0) is 14.5. The van der Waals surface area contributed by atoms with Gasteiger partial charge in [-0.05, 0) is 54.0 Å². The summed E-state index contributed by atoms with van der Waals surface area (Å²) in [7, 11) is 0. The molecule has 0 unspecified atom stereocenters. The molecule has 0 spiro atoms. The Morgan fingerprint density at radius 2 is 1.90 bits per heavy atom. The Morgan fingerprint density at radius 1 is 1.15 bits per heavy atom. The first kappa shape index (κ1) is 15.2. The Morgan fingerprint density at radius 3 is 2.60 bits per heavy atom. The lowest BCUT2D eigenvalue weighted by Crippen LogP contribution is -2.09. The van der Waals surface area contributed by atoms with Crippen LogP contribution in [0.1, 0.15) is 36.0 Å². The van der Waals surface area contributed by atoms with Crippen molar-refractivity contribution in [2.24, 2.45) is 0 Å². The topological polar surface area (TPSA) is 37.8 Å². The molecule has 1 heterocycles. The van der Waals surface area contributed by atoms with Crippen LogP contribution in [-0.2, 0) is 6.42 Å². The highest BCUT2D eigenvalue weighted by molar-refractivity contribution is 14.1. The molecule has 2 aromatic rings. The number of nitrogens with zero attached hydrogens (tertiary/aromatic N) is 2. The van der Waals surface area contributed by atoms with Crippen molar-refractivity contribution in [2.75, 3.05) is 11.9 Å². The van der Waals surface area contributed by atoms with Gasteiger partial charge in [-0.2, -0.15) is 0 Å². The molecule has 0 saturated carbocycles. The quantitative estimate of drug-likeness (QED) is 0.793. The number of hydrogen-bond donors (Lipinski definition) is 1. The maximum absolute atomic E-state index is 4.68. The van der Waals surface area contributed by atoms with Crippen LogP contribution in [0.15, 0.2) is 24.3 Å². The van der Waals surface area contributed by atoms with E-state index in [0.29, 0.717) is 0 Å². The highest BCUT2D eigenvalue weighted by Gasteiger charge is 2.10. The predicted octanol–water partition coefficient (Wildman–Crippen LogP) is 4.11. The Hall–Kier alpha value is -1.17. The van der Waals surface area contributed by atoms with Gasteiger partial charge in [0.05, 0.1) is 9.26 Å². The van der Waals surface area contributed by atoms with Crippen LogP contribution >= 0.6 is 22.6 Å². The van der Waals surface area contributed by atoms with Crippen LogP contribution in [-0.4, -0.2) is 16.5 Å². The third-order valence-corrected chi connectivity index (χ3v) is 4.51. The SMILES string of the molecule is CCCNc1nc(Cc2ccccc2C)nc(C)c1I. The lowest BCUT2D eigenvalue weighted by atomic mass is 10.1. The standard InChI is InChI=1S/C16H20IN3/c1-4-9-18-16-15(17)12(3)19-14(20-16)10-13-8-6-5-7-11(13)2/h5-8H,4,9-10H2,1-3H3,(H,18,19,20). The predicted molar refractivity (Wildman–Crippen MR) is 92.3 cm³/mol. The van der Waals surface area contributed by atoms with E-state index >= 15 is 0 Å². The van der Waals surface area contributed by atoms with E-state index in [9.17, 15) is 0 Å². The van der Waals surface area contributed by atoms with E-state index in [1.165, 1.54) is 11.1 Å². The molecule has 0 atom stereocenters. The zero-order valence-electron chi connectivity index (χ0n) is 12.2. The summed E-state index contributed by atoms with van der Waals surface area (Å²) in [6, 6.07) is 8.40. The van der Waals surface area contributed by atoms with Gasteiger partial charge in [0.1, 0.15) is 11.6 Å². The average molecular weight is 381 g/mol. The normalized spacial score (nSPS) is 10.6. The first-order chi connectivity index (χ1) is 9.61. The number of halogens is 1. The molecule has 0 fully saturated rings. The molecule has 0 aliphatic carbocycles. The molecule has 0 aliphatic heterocycles. The number of benzene rings is 1. The van der Waals surface area contributed by atoms with Crippen LogP contribution in [0, 0.1) is 17.4 Å². The van der Waals surface area contributed by atoms with Gasteiger partial charge in [-0.25, -0.2) is 9.97 Å². The summed E-state index contributed by atoms with van der Waals surface area (Å²) in [6.07, 6.45) is 1.87. The van der Waals surface area contributed by atoms with Gasteiger partial charge in [-0.1, -0.05) is 31.2 Å². The fraction of sp³-hybridized carbons (Fsp3) is 0.375. The minimum absolute atomic E-state index is 0.783. The van der Waals surface area contributed by atoms with E-state index in [2.05, 4.69) is 76.0 Å². The Balaban J connectivity index is 2.28. The first-order valence-electron chi connectivity index (χ1n) is 6.93. The average Bonchev–Trinajstić information content (AvgIpc) is 2.43. The lowest BCUT2D eigenvalue weighted by molar-refractivity contribution is 0.906. The molecule has 0 aliphatic rings. The van der Waals surface area contributed by atoms with Crippen molar-refractivity contribution in [3.05, 3.63) is 50.5 Å². The number of aromatic nitrogens is 2. The van der Waals surface area contributed by atoms with Crippen molar-refractivity contribution in [3.63, 3.8) is 0 Å². The third-order valence-electron chi connectivity index (χ3n) is 3.22. The number of nitrogens with one attached hydrogen (secondary N) is 1. The fourth-order valence-electron chi connectivity index (χ4n) is 2.04. The highest BCUT2D eigenvalue weighted by atomic mass is 127. The summed E-state index contributed by atoms with van der Waals surface area (Å²) < 4.78 is 1.12. The summed E-state index contributed by atoms with van der Waals surface area (Å²) in [5.74, 6) is 1.85. The molecular weight excluding hydrogens is 361 g/mol. The molecular formula is C16H20IN3. The summed E-state index contributed by atoms with van der Waals surface area (Å²) in [4.78, 5) is 9.30. The maximum atomic E-state index is 4.68. The molecule has 106 valence electrons. The van der Waals surface area contributed by atoms with Crippen LogP contribution < -0.4 is 5.32 Å². The fourth-order valence-corrected chi connectivity index (χ4v) is 2.47. The van der Waals surface area contributed by atoms with E-state index in [4.69, 9.17) is 0 Å². The van der Waals surface area contributed by atoms with Crippen LogP contribution in [0.3, 0.4) is 0 Å². The first-order valence-corrected chi connectivity index (χ1v) is 8.01. The van der Waals surface area contributed by atoms with E-state index in [1.54, 1.807) is 0 Å². The van der Waals surface area contributed by atoms with Crippen molar-refractivity contribution in [2.45, 2.75) is 33.6 Å². The van der Waals surface area contributed by atoms with E-state index in [0.717, 1.165) is 40.3 Å². The molecule has 0 saturated heterocycles. The van der Waals surface area contributed by atoms with Crippen LogP contribution in [0.2, 0.25) is 0 Å². The molecule has 0 amide bonds. The second kappa shape index (κ2) is 7.02. The summed E-state index contributed by atoms with van der Waals surface area (Å²) in [5.41, 5.74) is 3.62. The second-order valence-electron chi connectivity index (χ2n) is 4.92. The van der Waals surface area contributed by atoms with Crippen LogP contribution in [0.4, 0.5) is 5.82 Å². The number of hydrogen-bond acceptors (Lipinski definition) is 3. The minimum Gasteiger partial charge on any atom is -0.369 e. The van der Waals surface area contributed by atoms with Crippen LogP contribution in [0.25, 0.3) is 0 Å². The second-order valence-corrected chi connectivity index (χ2v) is 6.00. The van der Waals surface area contributed by atoms with Crippen LogP contribution in [0.5, 0.6) is 0 Å². The summed E-state index contributed by atoms with van der Waals surface area (Å²) in [5, 5.41) is 3.39. The van der Waals surface area contributed by atoms with E-state index in [-0.39, 0.29) is 0 Å². The van der Waals surface area contributed by atoms with Gasteiger partial charge >= 0.3 is 0 Å². The summed E-state index contributed by atoms with van der Waals surface area (Å²) >= 11 is 2.31. The van der Waals surface area contributed by atoms with Gasteiger partial charge in [0.15, 0.2) is 0 Å². The third kappa shape index (κ3) is 3.69. The Labute approximate surface area is 134 Å². The van der Waals surface area contributed by atoms with E-state index in [1.807, 2.05) is 6.92 Å². The van der Waals surface area contributed by atoms with Crippen molar-refractivity contribution in [1.29, 1.82) is 0 Å². The number of aryl methyl sites for hydroxylation is 2. The summed E-state index contributed by atoms with van der Waals surface area (Å²) in [6.45, 7) is 7.27. The molecule has 0 radical (unpaired) electrons. The molecule has 1 aromatic heterocycles. The van der Waals surface area contributed by atoms with Crippen molar-refractivity contribution in [3.8, 4) is 0 Å². The highest BCUT2D eigenvalue weighted by Crippen LogP contribution is 2.20. The molecule has 1 aromatic carbocycles. The minimum atomic E-state index is 0.783. The maximum Gasteiger partial charge on any atom is 0.143 e. The largest absolute Gasteiger partial charge is 0.369 e. The van der Waals surface area contributed by atoms with Gasteiger partial charge in [0.25, 0.3) is 0 Å². The molecule has 3 nitrogen and oxygen atoms in total. The molecule has 1 N–H and O–H groups in total. The van der Waals surface area contributed by atoms with Gasteiger partial charge in [-0.15, -0.1) is 0 Å². The van der Waals surface area contributed by atoms with Crippen molar-refractivity contribution < 1.29 is 0 Å². The van der Waals surface area contributed by atoms with E-state index < -0.39 is 0 Å². The number of rotatable bonds is 5. The Kier molecular flexibility index (Phi) is 5.34. The van der Waals surface area contributed by atoms with Crippen molar-refractivity contribution in [1.82, 2.24) is 9.97 Å².